The maximum Gasteiger partial charge on any atom is 0.143 e. The summed E-state index contributed by atoms with van der Waals surface area (Å²) in [5.41, 5.74) is 4.16. The molecule has 0 bridgehead atoms. The smallest absolute Gasteiger partial charge is 0.143 e. The van der Waals surface area contributed by atoms with Crippen molar-refractivity contribution in [2.24, 2.45) is 0 Å². The molecule has 1 aliphatic rings. The summed E-state index contributed by atoms with van der Waals surface area (Å²) >= 11 is 0. The van der Waals surface area contributed by atoms with Crippen LogP contribution in [0, 0.1) is 11.6 Å². The lowest BCUT2D eigenvalue weighted by Crippen LogP contribution is -2.08. The van der Waals surface area contributed by atoms with Crippen LogP contribution < -0.4 is 4.74 Å². The molecule has 0 amide bonds. The summed E-state index contributed by atoms with van der Waals surface area (Å²) in [6.07, 6.45) is 1.70. The topological polar surface area (TPSA) is 22.1 Å². The van der Waals surface area contributed by atoms with Gasteiger partial charge in [0, 0.05) is 17.3 Å². The molecule has 27 heavy (non-hydrogen) atoms. The normalized spacial score (nSPS) is 13.0. The molecular formula is C23H13F2NO. The van der Waals surface area contributed by atoms with Gasteiger partial charge in [0.2, 0.25) is 0 Å². The molecule has 5 rings (SSSR count). The van der Waals surface area contributed by atoms with Crippen molar-refractivity contribution in [1.82, 2.24) is 4.98 Å². The first-order valence-corrected chi connectivity index (χ1v) is 8.53. The van der Waals surface area contributed by atoms with Gasteiger partial charge >= 0.3 is 0 Å². The molecule has 4 heteroatoms. The second-order valence-electron chi connectivity index (χ2n) is 6.33. The van der Waals surface area contributed by atoms with Gasteiger partial charge in [-0.15, -0.1) is 0 Å². The highest BCUT2D eigenvalue weighted by Crippen LogP contribution is 2.44. The summed E-state index contributed by atoms with van der Waals surface area (Å²) in [6.45, 7) is 0. The van der Waals surface area contributed by atoms with Crippen LogP contribution in [0.3, 0.4) is 0 Å². The minimum Gasteiger partial charge on any atom is -0.455 e. The minimum atomic E-state index is -0.315. The molecule has 1 aliphatic heterocycles. The molecular weight excluding hydrogens is 344 g/mol. The average Bonchev–Trinajstić information content (AvgIpc) is 2.70. The van der Waals surface area contributed by atoms with Crippen molar-refractivity contribution in [2.45, 2.75) is 0 Å². The van der Waals surface area contributed by atoms with Gasteiger partial charge in [-0.3, -0.25) is 4.98 Å². The standard InChI is InChI=1S/C23H13F2NO/c24-16-8-4-14(5-9-16)21-18-2-1-3-19-22(18)20(12-13-26-19)27-23(21)15-6-10-17(25)11-7-15/h1-13H. The lowest BCUT2D eigenvalue weighted by atomic mass is 9.89. The summed E-state index contributed by atoms with van der Waals surface area (Å²) in [5, 5.41) is 0.908. The van der Waals surface area contributed by atoms with Gasteiger partial charge in [0.1, 0.15) is 23.1 Å². The highest BCUT2D eigenvalue weighted by molar-refractivity contribution is 6.09. The van der Waals surface area contributed by atoms with Crippen LogP contribution >= 0.6 is 0 Å². The summed E-state index contributed by atoms with van der Waals surface area (Å²) < 4.78 is 33.2. The van der Waals surface area contributed by atoms with Crippen LogP contribution in [-0.4, -0.2) is 4.98 Å². The number of hydrogen-bond acceptors (Lipinski definition) is 2. The van der Waals surface area contributed by atoms with E-state index in [0.717, 1.165) is 33.2 Å². The molecule has 130 valence electrons. The highest BCUT2D eigenvalue weighted by atomic mass is 19.1. The Morgan fingerprint density at radius 3 is 2.07 bits per heavy atom. The van der Waals surface area contributed by atoms with E-state index in [-0.39, 0.29) is 11.6 Å². The van der Waals surface area contributed by atoms with Gasteiger partial charge in [-0.2, -0.15) is 0 Å². The molecule has 1 aromatic heterocycles. The Labute approximate surface area is 154 Å². The zero-order valence-corrected chi connectivity index (χ0v) is 14.1. The monoisotopic (exact) mass is 357 g/mol. The van der Waals surface area contributed by atoms with E-state index in [9.17, 15) is 8.78 Å². The van der Waals surface area contributed by atoms with E-state index in [1.165, 1.54) is 24.3 Å². The third-order valence-electron chi connectivity index (χ3n) is 4.68. The third-order valence-corrected chi connectivity index (χ3v) is 4.68. The second kappa shape index (κ2) is 6.02. The Balaban J connectivity index is 1.85. The second-order valence-corrected chi connectivity index (χ2v) is 6.33. The fraction of sp³-hybridized carbons (Fsp3) is 0. The van der Waals surface area contributed by atoms with Gasteiger partial charge in [-0.25, -0.2) is 8.78 Å². The van der Waals surface area contributed by atoms with Gasteiger partial charge in [0.15, 0.2) is 0 Å². The molecule has 0 radical (unpaired) electrons. The van der Waals surface area contributed by atoms with E-state index in [1.807, 2.05) is 24.3 Å². The van der Waals surface area contributed by atoms with E-state index in [2.05, 4.69) is 4.98 Å². The van der Waals surface area contributed by atoms with E-state index >= 15 is 0 Å². The Hall–Kier alpha value is -3.53. The molecule has 0 aliphatic carbocycles. The molecule has 2 nitrogen and oxygen atoms in total. The Bertz CT molecular complexity index is 1190. The summed E-state index contributed by atoms with van der Waals surface area (Å²) in [6, 6.07) is 20.1. The first kappa shape index (κ1) is 15.7. The van der Waals surface area contributed by atoms with Crippen LogP contribution in [0.4, 0.5) is 8.78 Å². The predicted octanol–water partition coefficient (Wildman–Crippen LogP) is 5.82. The van der Waals surface area contributed by atoms with Crippen molar-refractivity contribution in [3.05, 3.63) is 107 Å². The van der Waals surface area contributed by atoms with Crippen molar-refractivity contribution >= 4 is 22.2 Å². The number of aromatic nitrogens is 1. The van der Waals surface area contributed by atoms with Crippen LogP contribution in [-0.2, 0) is 0 Å². The quantitative estimate of drug-likeness (QED) is 0.451. The number of ether oxygens (including phenoxy) is 1. The third kappa shape index (κ3) is 2.57. The summed E-state index contributed by atoms with van der Waals surface area (Å²) in [7, 11) is 0. The molecule has 3 aromatic carbocycles. The van der Waals surface area contributed by atoms with Crippen molar-refractivity contribution in [3.63, 3.8) is 0 Å². The van der Waals surface area contributed by atoms with Crippen LogP contribution in [0.25, 0.3) is 22.2 Å². The number of rotatable bonds is 2. The van der Waals surface area contributed by atoms with E-state index in [1.54, 1.807) is 30.5 Å². The van der Waals surface area contributed by atoms with Crippen LogP contribution in [0.15, 0.2) is 79.0 Å². The number of pyridine rings is 1. The van der Waals surface area contributed by atoms with Gasteiger partial charge < -0.3 is 4.74 Å². The summed E-state index contributed by atoms with van der Waals surface area (Å²) in [4.78, 5) is 4.42. The van der Waals surface area contributed by atoms with Crippen LogP contribution in [0.5, 0.6) is 5.75 Å². The fourth-order valence-electron chi connectivity index (χ4n) is 3.46. The zero-order valence-electron chi connectivity index (χ0n) is 14.1. The average molecular weight is 357 g/mol. The SMILES string of the molecule is Fc1ccc(C2=C(c3ccc(F)cc3)c3cccc4nccc(c34)O2)cc1. The number of nitrogens with zero attached hydrogens (tertiary/aromatic N) is 1. The molecule has 0 unspecified atom stereocenters. The largest absolute Gasteiger partial charge is 0.455 e. The number of benzene rings is 3. The first-order chi connectivity index (χ1) is 13.2. The van der Waals surface area contributed by atoms with E-state index in [0.29, 0.717) is 11.5 Å². The summed E-state index contributed by atoms with van der Waals surface area (Å²) in [5.74, 6) is 0.679. The van der Waals surface area contributed by atoms with Gasteiger partial charge in [0.05, 0.1) is 10.9 Å². The maximum atomic E-state index is 13.5. The molecule has 2 heterocycles. The Kier molecular flexibility index (Phi) is 3.50. The van der Waals surface area contributed by atoms with Crippen molar-refractivity contribution < 1.29 is 13.5 Å². The Morgan fingerprint density at radius 2 is 1.37 bits per heavy atom. The van der Waals surface area contributed by atoms with Crippen molar-refractivity contribution in [1.29, 1.82) is 0 Å². The minimum absolute atomic E-state index is 0.306. The fourth-order valence-corrected chi connectivity index (χ4v) is 3.46. The number of hydrogen-bond donors (Lipinski definition) is 0. The lowest BCUT2D eigenvalue weighted by Gasteiger charge is -2.24. The molecule has 0 fully saturated rings. The van der Waals surface area contributed by atoms with Gasteiger partial charge in [-0.1, -0.05) is 24.3 Å². The van der Waals surface area contributed by atoms with Crippen LogP contribution in [0.2, 0.25) is 0 Å². The van der Waals surface area contributed by atoms with E-state index in [4.69, 9.17) is 4.74 Å². The van der Waals surface area contributed by atoms with Crippen molar-refractivity contribution in [2.75, 3.05) is 0 Å². The van der Waals surface area contributed by atoms with E-state index < -0.39 is 0 Å². The molecule has 0 N–H and O–H groups in total. The van der Waals surface area contributed by atoms with Gasteiger partial charge in [0.25, 0.3) is 0 Å². The number of halogens is 2. The molecule has 4 aromatic rings. The maximum absolute atomic E-state index is 13.5. The molecule has 0 saturated carbocycles. The van der Waals surface area contributed by atoms with Crippen molar-refractivity contribution in [3.8, 4) is 5.75 Å². The first-order valence-electron chi connectivity index (χ1n) is 8.53. The predicted molar refractivity (Wildman–Crippen MR) is 101 cm³/mol. The van der Waals surface area contributed by atoms with Gasteiger partial charge in [-0.05, 0) is 59.7 Å². The van der Waals surface area contributed by atoms with Crippen LogP contribution in [0.1, 0.15) is 16.7 Å². The Morgan fingerprint density at radius 1 is 0.704 bits per heavy atom. The zero-order chi connectivity index (χ0) is 18.4. The lowest BCUT2D eigenvalue weighted by molar-refractivity contribution is 0.519. The molecule has 0 atom stereocenters. The highest BCUT2D eigenvalue weighted by Gasteiger charge is 2.25. The molecule has 0 saturated heterocycles. The molecule has 0 spiro atoms.